The Kier molecular flexibility index (Phi) is 3.53. The lowest BCUT2D eigenvalue weighted by Gasteiger charge is -2.08. The highest BCUT2D eigenvalue weighted by molar-refractivity contribution is 6.33. The molecule has 0 aliphatic rings. The molecule has 2 aromatic carbocycles. The number of aromatic hydroxyl groups is 1. The van der Waals surface area contributed by atoms with E-state index in [9.17, 15) is 14.7 Å². The van der Waals surface area contributed by atoms with Crippen molar-refractivity contribution in [3.63, 3.8) is 0 Å². The number of hydrogen-bond donors (Lipinski definition) is 2. The number of phenols is 1. The van der Waals surface area contributed by atoms with Gasteiger partial charge in [-0.2, -0.15) is 0 Å². The van der Waals surface area contributed by atoms with E-state index >= 15 is 0 Å². The minimum atomic E-state index is -0.655. The maximum Gasteiger partial charge on any atom is 0.250 e. The molecule has 96 valence electrons. The zero-order chi connectivity index (χ0) is 14.0. The minimum absolute atomic E-state index is 0.143. The average Bonchev–Trinajstić information content (AvgIpc) is 2.39. The monoisotopic (exact) mass is 275 g/mol. The molecule has 0 fully saturated rings. The summed E-state index contributed by atoms with van der Waals surface area (Å²) in [6, 6.07) is 9.40. The maximum atomic E-state index is 11.2. The van der Waals surface area contributed by atoms with Gasteiger partial charge < -0.3 is 10.8 Å². The van der Waals surface area contributed by atoms with Crippen LogP contribution in [0.3, 0.4) is 0 Å². The number of hydrogen-bond acceptors (Lipinski definition) is 3. The van der Waals surface area contributed by atoms with Crippen molar-refractivity contribution in [2.24, 2.45) is 5.73 Å². The van der Waals surface area contributed by atoms with Crippen LogP contribution in [0.15, 0.2) is 36.4 Å². The van der Waals surface area contributed by atoms with Crippen LogP contribution in [-0.2, 0) is 0 Å². The average molecular weight is 276 g/mol. The predicted molar refractivity (Wildman–Crippen MR) is 72.5 cm³/mol. The van der Waals surface area contributed by atoms with Crippen LogP contribution in [0.25, 0.3) is 11.1 Å². The maximum absolute atomic E-state index is 11.2. The van der Waals surface area contributed by atoms with Crippen molar-refractivity contribution in [1.82, 2.24) is 0 Å². The van der Waals surface area contributed by atoms with Crippen LogP contribution in [-0.4, -0.2) is 17.3 Å². The van der Waals surface area contributed by atoms with Crippen LogP contribution in [0.2, 0.25) is 5.02 Å². The number of carbonyl (C=O) groups excluding carboxylic acids is 2. The molecule has 0 unspecified atom stereocenters. The number of nitrogens with two attached hydrogens (primary N) is 1. The molecule has 0 radical (unpaired) electrons. The molecule has 0 aliphatic carbocycles. The fraction of sp³-hybridized carbons (Fsp3) is 0. The number of para-hydroxylation sites is 1. The van der Waals surface area contributed by atoms with E-state index in [4.69, 9.17) is 17.3 Å². The highest BCUT2D eigenvalue weighted by Crippen LogP contribution is 2.33. The summed E-state index contributed by atoms with van der Waals surface area (Å²) in [5, 5.41) is 10.2. The van der Waals surface area contributed by atoms with Gasteiger partial charge in [-0.25, -0.2) is 0 Å². The number of phenolic OH excluding ortho intramolecular Hbond substituents is 1. The lowest BCUT2D eigenvalue weighted by molar-refractivity contribution is 0.1000. The topological polar surface area (TPSA) is 80.4 Å². The van der Waals surface area contributed by atoms with Crippen LogP contribution in [0.5, 0.6) is 5.75 Å². The number of carbonyl (C=O) groups is 2. The highest BCUT2D eigenvalue weighted by atomic mass is 35.5. The van der Waals surface area contributed by atoms with Crippen molar-refractivity contribution >= 4 is 23.8 Å². The Morgan fingerprint density at radius 2 is 2.00 bits per heavy atom. The summed E-state index contributed by atoms with van der Waals surface area (Å²) >= 11 is 5.86. The highest BCUT2D eigenvalue weighted by Gasteiger charge is 2.12. The molecule has 0 aliphatic heterocycles. The fourth-order valence-electron chi connectivity index (χ4n) is 1.77. The van der Waals surface area contributed by atoms with E-state index in [2.05, 4.69) is 0 Å². The van der Waals surface area contributed by atoms with Gasteiger partial charge in [0.05, 0.1) is 16.1 Å². The molecule has 1 amide bonds. The van der Waals surface area contributed by atoms with E-state index < -0.39 is 5.91 Å². The van der Waals surface area contributed by atoms with Gasteiger partial charge >= 0.3 is 0 Å². The van der Waals surface area contributed by atoms with Crippen LogP contribution < -0.4 is 5.73 Å². The first-order valence-electron chi connectivity index (χ1n) is 5.41. The number of benzene rings is 2. The fourth-order valence-corrected chi connectivity index (χ4v) is 1.98. The third-order valence-electron chi connectivity index (χ3n) is 2.74. The van der Waals surface area contributed by atoms with Crippen molar-refractivity contribution < 1.29 is 14.7 Å². The largest absolute Gasteiger partial charge is 0.507 e. The SMILES string of the molecule is NC(=O)c1cc(-c2cccc(C=O)c2O)ccc1Cl. The van der Waals surface area contributed by atoms with Crippen molar-refractivity contribution in [2.45, 2.75) is 0 Å². The normalized spacial score (nSPS) is 10.2. The zero-order valence-electron chi connectivity index (χ0n) is 9.76. The van der Waals surface area contributed by atoms with E-state index in [1.807, 2.05) is 0 Å². The molecular formula is C14H10ClNO3. The van der Waals surface area contributed by atoms with Crippen molar-refractivity contribution in [3.8, 4) is 16.9 Å². The van der Waals surface area contributed by atoms with E-state index in [0.717, 1.165) is 0 Å². The number of primary amides is 1. The molecule has 3 N–H and O–H groups in total. The standard InChI is InChI=1S/C14H10ClNO3/c15-12-5-4-8(6-11(12)14(16)19)10-3-1-2-9(7-17)13(10)18/h1-7,18H,(H2,16,19). The van der Waals surface area contributed by atoms with Gasteiger partial charge in [0.15, 0.2) is 6.29 Å². The number of amides is 1. The lowest BCUT2D eigenvalue weighted by Crippen LogP contribution is -2.11. The lowest BCUT2D eigenvalue weighted by atomic mass is 10.00. The Bertz CT molecular complexity index is 668. The van der Waals surface area contributed by atoms with E-state index in [-0.39, 0.29) is 21.9 Å². The van der Waals surface area contributed by atoms with Crippen LogP contribution >= 0.6 is 11.6 Å². The molecular weight excluding hydrogens is 266 g/mol. The summed E-state index contributed by atoms with van der Waals surface area (Å²) in [4.78, 5) is 22.0. The first-order chi connectivity index (χ1) is 9.04. The Balaban J connectivity index is 2.63. The molecule has 0 atom stereocenters. The molecule has 0 saturated carbocycles. The third-order valence-corrected chi connectivity index (χ3v) is 3.07. The van der Waals surface area contributed by atoms with Gasteiger partial charge in [-0.3, -0.25) is 9.59 Å². The molecule has 0 bridgehead atoms. The Morgan fingerprint density at radius 3 is 2.63 bits per heavy atom. The summed E-state index contributed by atoms with van der Waals surface area (Å²) in [6.07, 6.45) is 0.559. The van der Waals surface area contributed by atoms with Crippen molar-refractivity contribution in [3.05, 3.63) is 52.5 Å². The molecule has 19 heavy (non-hydrogen) atoms. The molecule has 5 heteroatoms. The predicted octanol–water partition coefficient (Wildman–Crippen LogP) is 2.62. The first-order valence-corrected chi connectivity index (χ1v) is 5.79. The van der Waals surface area contributed by atoms with Gasteiger partial charge in [0.1, 0.15) is 5.75 Å². The molecule has 2 aromatic rings. The Morgan fingerprint density at radius 1 is 1.26 bits per heavy atom. The number of aldehydes is 1. The van der Waals surface area contributed by atoms with Gasteiger partial charge in [0, 0.05) is 5.56 Å². The zero-order valence-corrected chi connectivity index (χ0v) is 10.5. The first kappa shape index (κ1) is 13.1. The minimum Gasteiger partial charge on any atom is -0.507 e. The molecule has 2 rings (SSSR count). The second kappa shape index (κ2) is 5.12. The summed E-state index contributed by atoms with van der Waals surface area (Å²) in [5.74, 6) is -0.798. The molecule has 0 heterocycles. The third kappa shape index (κ3) is 2.44. The van der Waals surface area contributed by atoms with Gasteiger partial charge in [0.25, 0.3) is 0 Å². The van der Waals surface area contributed by atoms with E-state index in [0.29, 0.717) is 17.4 Å². The van der Waals surface area contributed by atoms with E-state index in [1.54, 1.807) is 18.2 Å². The summed E-state index contributed by atoms with van der Waals surface area (Å²) in [7, 11) is 0. The summed E-state index contributed by atoms with van der Waals surface area (Å²) < 4.78 is 0. The number of halogens is 1. The Labute approximate surface area is 114 Å². The van der Waals surface area contributed by atoms with Gasteiger partial charge in [-0.05, 0) is 23.8 Å². The summed E-state index contributed by atoms with van der Waals surface area (Å²) in [5.41, 5.74) is 6.54. The van der Waals surface area contributed by atoms with Crippen molar-refractivity contribution in [2.75, 3.05) is 0 Å². The van der Waals surface area contributed by atoms with Crippen molar-refractivity contribution in [1.29, 1.82) is 0 Å². The van der Waals surface area contributed by atoms with Crippen LogP contribution in [0.1, 0.15) is 20.7 Å². The second-order valence-corrected chi connectivity index (χ2v) is 4.33. The summed E-state index contributed by atoms with van der Waals surface area (Å²) in [6.45, 7) is 0. The molecule has 0 spiro atoms. The van der Waals surface area contributed by atoms with Gasteiger partial charge in [0.2, 0.25) is 5.91 Å². The van der Waals surface area contributed by atoms with Gasteiger partial charge in [-0.15, -0.1) is 0 Å². The smallest absolute Gasteiger partial charge is 0.250 e. The Hall–Kier alpha value is -2.33. The number of rotatable bonds is 3. The van der Waals surface area contributed by atoms with Crippen LogP contribution in [0, 0.1) is 0 Å². The van der Waals surface area contributed by atoms with Crippen LogP contribution in [0.4, 0.5) is 0 Å². The van der Waals surface area contributed by atoms with Gasteiger partial charge in [-0.1, -0.05) is 29.8 Å². The van der Waals surface area contributed by atoms with E-state index in [1.165, 1.54) is 18.2 Å². The molecule has 0 aromatic heterocycles. The molecule has 0 saturated heterocycles. The second-order valence-electron chi connectivity index (χ2n) is 3.92. The molecule has 4 nitrogen and oxygen atoms in total. The quantitative estimate of drug-likeness (QED) is 0.845.